The van der Waals surface area contributed by atoms with Gasteiger partial charge in [-0.3, -0.25) is 14.4 Å². The van der Waals surface area contributed by atoms with E-state index in [1.54, 1.807) is 49.4 Å². The molecular formula is C38H38N2O13S. The Bertz CT molecular complexity index is 2310. The summed E-state index contributed by atoms with van der Waals surface area (Å²) in [6, 6.07) is 18.3. The number of nitrogens with one attached hydrogen (secondary N) is 2. The van der Waals surface area contributed by atoms with E-state index in [4.69, 9.17) is 32.8 Å². The molecule has 0 saturated carbocycles. The molecule has 0 saturated heterocycles. The van der Waals surface area contributed by atoms with Crippen LogP contribution in [0, 0.1) is 6.92 Å². The molecule has 16 heteroatoms. The molecule has 0 spiro atoms. The number of hydrogen-bond donors (Lipinski definition) is 3. The predicted molar refractivity (Wildman–Crippen MR) is 197 cm³/mol. The number of carboxylic acid groups (broad SMARTS) is 1. The third kappa shape index (κ3) is 8.85. The van der Waals surface area contributed by atoms with Gasteiger partial charge in [-0.1, -0.05) is 17.7 Å². The Morgan fingerprint density at radius 3 is 2.07 bits per heavy atom. The number of carbonyl (C=O) groups is 2. The van der Waals surface area contributed by atoms with Crippen LogP contribution in [0.1, 0.15) is 15.9 Å². The van der Waals surface area contributed by atoms with Crippen molar-refractivity contribution in [2.75, 3.05) is 48.2 Å². The van der Waals surface area contributed by atoms with Crippen LogP contribution in [-0.4, -0.2) is 79.6 Å². The molecule has 4 aromatic carbocycles. The lowest BCUT2D eigenvalue weighted by atomic mass is 10.1. The Hall–Kier alpha value is -6.26. The Morgan fingerprint density at radius 2 is 1.44 bits per heavy atom. The molecule has 0 radical (unpaired) electrons. The maximum Gasteiger partial charge on any atom is 0.323 e. The van der Waals surface area contributed by atoms with Gasteiger partial charge in [0.05, 0.1) is 33.3 Å². The molecule has 284 valence electrons. The van der Waals surface area contributed by atoms with Crippen LogP contribution in [0.3, 0.4) is 0 Å². The van der Waals surface area contributed by atoms with E-state index in [1.165, 1.54) is 64.8 Å². The number of rotatable bonds is 17. The first kappa shape index (κ1) is 39.0. The third-order valence-corrected chi connectivity index (χ3v) is 9.59. The number of sulfonamides is 1. The van der Waals surface area contributed by atoms with Crippen LogP contribution >= 0.6 is 0 Å². The zero-order valence-corrected chi connectivity index (χ0v) is 30.8. The second-order valence-corrected chi connectivity index (χ2v) is 13.3. The minimum Gasteiger partial charge on any atom is -0.496 e. The van der Waals surface area contributed by atoms with Crippen LogP contribution in [-0.2, 0) is 14.8 Å². The molecule has 1 unspecified atom stereocenters. The van der Waals surface area contributed by atoms with Crippen LogP contribution in [0.25, 0.3) is 22.3 Å². The molecule has 54 heavy (non-hydrogen) atoms. The van der Waals surface area contributed by atoms with Gasteiger partial charge in [0, 0.05) is 29.8 Å². The second-order valence-electron chi connectivity index (χ2n) is 11.6. The van der Waals surface area contributed by atoms with Crippen molar-refractivity contribution < 1.29 is 56.0 Å². The van der Waals surface area contributed by atoms with Gasteiger partial charge in [0.15, 0.2) is 17.3 Å². The second kappa shape index (κ2) is 17.0. The number of carboxylic acids is 1. The van der Waals surface area contributed by atoms with Gasteiger partial charge in [0.2, 0.25) is 21.2 Å². The summed E-state index contributed by atoms with van der Waals surface area (Å²) in [6.45, 7) is 1.17. The van der Waals surface area contributed by atoms with Crippen molar-refractivity contribution in [3.8, 4) is 45.8 Å². The quantitative estimate of drug-likeness (QED) is 0.113. The van der Waals surface area contributed by atoms with Crippen LogP contribution in [0.5, 0.6) is 34.5 Å². The summed E-state index contributed by atoms with van der Waals surface area (Å²) < 4.78 is 67.1. The van der Waals surface area contributed by atoms with E-state index in [0.29, 0.717) is 28.6 Å². The molecule has 15 nitrogen and oxygen atoms in total. The molecule has 1 amide bonds. The standard InChI is InChI=1S/C38H38N2O13S/c1-22-6-13-27(14-7-22)54(45,46)40-28(38(43)44)21-39-37(42)23-8-11-25(12-9-23)51-16-17-52-36-34(41)33-31(50-5)19-26(47-2)20-32(33)53-35(36)24-10-15-29(48-3)30(18-24)49-4/h6-15,18-20,28,40H,16-17,21H2,1-5H3,(H,39,42)(H,43,44). The monoisotopic (exact) mass is 762 g/mol. The van der Waals surface area contributed by atoms with Crippen LogP contribution in [0.15, 0.2) is 93.0 Å². The number of carbonyl (C=O) groups excluding carboxylic acids is 1. The first-order chi connectivity index (χ1) is 25.9. The summed E-state index contributed by atoms with van der Waals surface area (Å²) in [6.07, 6.45) is 0. The highest BCUT2D eigenvalue weighted by molar-refractivity contribution is 7.89. The molecular weight excluding hydrogens is 724 g/mol. The highest BCUT2D eigenvalue weighted by Gasteiger charge is 2.26. The maximum atomic E-state index is 13.9. The van der Waals surface area contributed by atoms with E-state index >= 15 is 0 Å². The number of amides is 1. The number of ether oxygens (including phenoxy) is 6. The fourth-order valence-corrected chi connectivity index (χ4v) is 6.46. The molecule has 0 aliphatic rings. The largest absolute Gasteiger partial charge is 0.496 e. The molecule has 0 aliphatic carbocycles. The summed E-state index contributed by atoms with van der Waals surface area (Å²) in [5.74, 6) is -0.209. The molecule has 3 N–H and O–H groups in total. The van der Waals surface area contributed by atoms with Crippen molar-refractivity contribution in [2.24, 2.45) is 0 Å². The molecule has 1 atom stereocenters. The molecule has 5 aromatic rings. The van der Waals surface area contributed by atoms with Crippen molar-refractivity contribution in [3.05, 3.63) is 100 Å². The smallest absolute Gasteiger partial charge is 0.323 e. The molecule has 0 aliphatic heterocycles. The summed E-state index contributed by atoms with van der Waals surface area (Å²) in [7, 11) is 1.73. The van der Waals surface area contributed by atoms with Crippen molar-refractivity contribution >= 4 is 32.9 Å². The molecule has 5 rings (SSSR count). The molecule has 1 aromatic heterocycles. The summed E-state index contributed by atoms with van der Waals surface area (Å²) >= 11 is 0. The fourth-order valence-electron chi connectivity index (χ4n) is 5.28. The lowest BCUT2D eigenvalue weighted by Crippen LogP contribution is -2.48. The van der Waals surface area contributed by atoms with Gasteiger partial charge in [-0.15, -0.1) is 0 Å². The average Bonchev–Trinajstić information content (AvgIpc) is 3.17. The van der Waals surface area contributed by atoms with E-state index in [-0.39, 0.29) is 51.9 Å². The van der Waals surface area contributed by atoms with Gasteiger partial charge in [0.25, 0.3) is 5.91 Å². The van der Waals surface area contributed by atoms with Gasteiger partial charge >= 0.3 is 5.97 Å². The number of aryl methyl sites for hydroxylation is 1. The summed E-state index contributed by atoms with van der Waals surface area (Å²) in [5.41, 5.74) is 1.18. The zero-order chi connectivity index (χ0) is 39.0. The lowest BCUT2D eigenvalue weighted by molar-refractivity contribution is -0.138. The van der Waals surface area contributed by atoms with Crippen LogP contribution in [0.2, 0.25) is 0 Å². The lowest BCUT2D eigenvalue weighted by Gasteiger charge is -2.16. The fraction of sp³-hybridized carbons (Fsp3) is 0.237. The predicted octanol–water partition coefficient (Wildman–Crippen LogP) is 4.42. The summed E-state index contributed by atoms with van der Waals surface area (Å²) in [4.78, 5) is 38.4. The Balaban J connectivity index is 1.26. The van der Waals surface area contributed by atoms with Crippen molar-refractivity contribution in [3.63, 3.8) is 0 Å². The SMILES string of the molecule is COc1cc(OC)c2c(=O)c(OCCOc3ccc(C(=O)NCC(NS(=O)(=O)c4ccc(C)cc4)C(=O)O)cc3)c(-c3ccc(OC)c(OC)c3)oc2c1. The molecule has 1 heterocycles. The van der Waals surface area contributed by atoms with Crippen LogP contribution in [0.4, 0.5) is 0 Å². The normalized spacial score (nSPS) is 11.7. The number of benzene rings is 4. The Morgan fingerprint density at radius 1 is 0.778 bits per heavy atom. The van der Waals surface area contributed by atoms with Crippen LogP contribution < -0.4 is 43.9 Å². The minimum atomic E-state index is -4.16. The van der Waals surface area contributed by atoms with Gasteiger partial charge in [-0.25, -0.2) is 8.42 Å². The average molecular weight is 763 g/mol. The van der Waals surface area contributed by atoms with E-state index in [1.807, 2.05) is 0 Å². The van der Waals surface area contributed by atoms with Gasteiger partial charge < -0.3 is 43.3 Å². The van der Waals surface area contributed by atoms with Gasteiger partial charge in [-0.2, -0.15) is 4.72 Å². The number of aliphatic carboxylic acids is 1. The van der Waals surface area contributed by atoms with Crippen molar-refractivity contribution in [1.82, 2.24) is 10.0 Å². The molecule has 0 bridgehead atoms. The van der Waals surface area contributed by atoms with Crippen molar-refractivity contribution in [1.29, 1.82) is 0 Å². The maximum absolute atomic E-state index is 13.9. The number of methoxy groups -OCH3 is 4. The first-order valence-electron chi connectivity index (χ1n) is 16.3. The Kier molecular flexibility index (Phi) is 12.3. The van der Waals surface area contributed by atoms with E-state index in [0.717, 1.165) is 5.56 Å². The number of fused-ring (bicyclic) bond motifs is 1. The first-order valence-corrected chi connectivity index (χ1v) is 17.8. The third-order valence-electron chi connectivity index (χ3n) is 8.10. The van der Waals surface area contributed by atoms with Gasteiger partial charge in [-0.05, 0) is 61.5 Å². The topological polar surface area (TPSA) is 198 Å². The highest BCUT2D eigenvalue weighted by Crippen LogP contribution is 2.39. The number of hydrogen-bond acceptors (Lipinski definition) is 12. The zero-order valence-electron chi connectivity index (χ0n) is 30.0. The summed E-state index contributed by atoms with van der Waals surface area (Å²) in [5, 5.41) is 12.2. The minimum absolute atomic E-state index is 0.0183. The van der Waals surface area contributed by atoms with E-state index in [9.17, 15) is 27.9 Å². The van der Waals surface area contributed by atoms with Gasteiger partial charge in [0.1, 0.15) is 47.5 Å². The molecule has 0 fully saturated rings. The van der Waals surface area contributed by atoms with E-state index in [2.05, 4.69) is 10.0 Å². The highest BCUT2D eigenvalue weighted by atomic mass is 32.2. The van der Waals surface area contributed by atoms with Crippen molar-refractivity contribution in [2.45, 2.75) is 17.9 Å². The Labute approximate surface area is 310 Å². The van der Waals surface area contributed by atoms with E-state index < -0.39 is 39.9 Å².